The number of hydrogen-bond donors (Lipinski definition) is 0. The van der Waals surface area contributed by atoms with Gasteiger partial charge in [0.1, 0.15) is 18.0 Å². The van der Waals surface area contributed by atoms with Crippen LogP contribution >= 0.6 is 15.9 Å². The van der Waals surface area contributed by atoms with Gasteiger partial charge in [-0.05, 0) is 29.8 Å². The fourth-order valence-corrected chi connectivity index (χ4v) is 1.57. The number of aryl methyl sites for hydroxylation is 2. The summed E-state index contributed by atoms with van der Waals surface area (Å²) in [6, 6.07) is 0. The second kappa shape index (κ2) is 3.45. The van der Waals surface area contributed by atoms with Crippen LogP contribution in [0.25, 0.3) is 5.82 Å². The van der Waals surface area contributed by atoms with Crippen LogP contribution in [0.15, 0.2) is 17.0 Å². The minimum Gasteiger partial charge on any atom is -0.243 e. The van der Waals surface area contributed by atoms with Crippen molar-refractivity contribution < 1.29 is 0 Å². The van der Waals surface area contributed by atoms with E-state index in [0.29, 0.717) is 5.82 Å². The monoisotopic (exact) mass is 253 g/mol. The summed E-state index contributed by atoms with van der Waals surface area (Å²) in [5, 5.41) is 4.23. The van der Waals surface area contributed by atoms with Crippen LogP contribution in [0.1, 0.15) is 11.6 Å². The predicted molar refractivity (Wildman–Crippen MR) is 54.1 cm³/mol. The Hall–Kier alpha value is -1.30. The van der Waals surface area contributed by atoms with E-state index in [1.54, 1.807) is 10.9 Å². The van der Waals surface area contributed by atoms with Crippen molar-refractivity contribution in [2.75, 3.05) is 0 Å². The highest BCUT2D eigenvalue weighted by molar-refractivity contribution is 9.10. The first-order chi connectivity index (χ1) is 6.68. The second-order valence-electron chi connectivity index (χ2n) is 2.81. The molecular formula is C8H8BrN5. The van der Waals surface area contributed by atoms with Gasteiger partial charge in [-0.25, -0.2) is 15.0 Å². The first-order valence-corrected chi connectivity index (χ1v) is 4.84. The number of aromatic nitrogens is 5. The lowest BCUT2D eigenvalue weighted by Gasteiger charge is -2.02. The van der Waals surface area contributed by atoms with Crippen molar-refractivity contribution in [3.8, 4) is 5.82 Å². The molecule has 14 heavy (non-hydrogen) atoms. The third-order valence-electron chi connectivity index (χ3n) is 1.72. The maximum atomic E-state index is 4.23. The molecule has 0 spiro atoms. The van der Waals surface area contributed by atoms with Gasteiger partial charge in [0.05, 0.1) is 4.47 Å². The molecule has 0 aliphatic rings. The van der Waals surface area contributed by atoms with Crippen LogP contribution in [-0.2, 0) is 0 Å². The highest BCUT2D eigenvalue weighted by Crippen LogP contribution is 2.16. The summed E-state index contributed by atoms with van der Waals surface area (Å²) in [5.74, 6) is 2.24. The van der Waals surface area contributed by atoms with Crippen molar-refractivity contribution >= 4 is 15.9 Å². The Kier molecular flexibility index (Phi) is 2.28. The molecule has 2 rings (SSSR count). The Morgan fingerprint density at radius 2 is 2.14 bits per heavy atom. The van der Waals surface area contributed by atoms with Gasteiger partial charge in [-0.2, -0.15) is 4.68 Å². The van der Waals surface area contributed by atoms with Crippen molar-refractivity contribution in [3.05, 3.63) is 28.6 Å². The fraction of sp³-hybridized carbons (Fsp3) is 0.250. The summed E-state index contributed by atoms with van der Waals surface area (Å²) in [4.78, 5) is 12.2. The summed E-state index contributed by atoms with van der Waals surface area (Å²) in [7, 11) is 0. The average molecular weight is 254 g/mol. The van der Waals surface area contributed by atoms with Gasteiger partial charge in [0.2, 0.25) is 0 Å². The lowest BCUT2D eigenvalue weighted by atomic mass is 10.5. The van der Waals surface area contributed by atoms with Gasteiger partial charge < -0.3 is 0 Å². The Bertz CT molecular complexity index is 465. The Morgan fingerprint density at radius 3 is 2.71 bits per heavy atom. The SMILES string of the molecule is Cc1nc(C)n(-c2ncncc2Br)n1. The highest BCUT2D eigenvalue weighted by atomic mass is 79.9. The standard InChI is InChI=1S/C8H8BrN5/c1-5-12-6(2)14(13-5)8-7(9)3-10-4-11-8/h3-4H,1-2H3. The molecule has 2 heterocycles. The van der Waals surface area contributed by atoms with Gasteiger partial charge in [-0.15, -0.1) is 5.10 Å². The van der Waals surface area contributed by atoms with Crippen LogP contribution in [0.4, 0.5) is 0 Å². The van der Waals surface area contributed by atoms with Crippen molar-refractivity contribution in [3.63, 3.8) is 0 Å². The van der Waals surface area contributed by atoms with Crippen LogP contribution in [0.3, 0.4) is 0 Å². The van der Waals surface area contributed by atoms with Gasteiger partial charge in [0, 0.05) is 6.20 Å². The normalized spacial score (nSPS) is 10.5. The third kappa shape index (κ3) is 1.52. The first-order valence-electron chi connectivity index (χ1n) is 4.04. The minimum atomic E-state index is 0.707. The zero-order chi connectivity index (χ0) is 10.1. The molecule has 6 heteroatoms. The summed E-state index contributed by atoms with van der Waals surface area (Å²) in [5.41, 5.74) is 0. The van der Waals surface area contributed by atoms with Crippen LogP contribution in [-0.4, -0.2) is 24.7 Å². The van der Waals surface area contributed by atoms with Gasteiger partial charge in [0.25, 0.3) is 0 Å². The lowest BCUT2D eigenvalue weighted by molar-refractivity contribution is 0.793. The van der Waals surface area contributed by atoms with Crippen molar-refractivity contribution in [2.45, 2.75) is 13.8 Å². The molecule has 5 nitrogen and oxygen atoms in total. The smallest absolute Gasteiger partial charge is 0.173 e. The summed E-state index contributed by atoms with van der Waals surface area (Å²) >= 11 is 3.36. The first kappa shape index (κ1) is 9.26. The molecule has 2 aromatic rings. The fourth-order valence-electron chi connectivity index (χ4n) is 1.18. The van der Waals surface area contributed by atoms with E-state index in [0.717, 1.165) is 16.1 Å². The molecular weight excluding hydrogens is 246 g/mol. The maximum absolute atomic E-state index is 4.23. The van der Waals surface area contributed by atoms with E-state index in [4.69, 9.17) is 0 Å². The molecule has 0 aromatic carbocycles. The number of nitrogens with zero attached hydrogens (tertiary/aromatic N) is 5. The van der Waals surface area contributed by atoms with E-state index in [1.807, 2.05) is 13.8 Å². The lowest BCUT2D eigenvalue weighted by Crippen LogP contribution is -2.03. The van der Waals surface area contributed by atoms with E-state index >= 15 is 0 Å². The van der Waals surface area contributed by atoms with E-state index in [9.17, 15) is 0 Å². The van der Waals surface area contributed by atoms with E-state index < -0.39 is 0 Å². The molecule has 0 unspecified atom stereocenters. The molecule has 0 aliphatic heterocycles. The molecule has 0 N–H and O–H groups in total. The summed E-state index contributed by atoms with van der Waals surface area (Å²) in [6.07, 6.45) is 3.16. The quantitative estimate of drug-likeness (QED) is 0.772. The van der Waals surface area contributed by atoms with Crippen LogP contribution in [0.5, 0.6) is 0 Å². The zero-order valence-electron chi connectivity index (χ0n) is 7.77. The molecule has 2 aromatic heterocycles. The molecule has 0 fully saturated rings. The van der Waals surface area contributed by atoms with Gasteiger partial charge in [-0.1, -0.05) is 0 Å². The molecule has 0 amide bonds. The van der Waals surface area contributed by atoms with Crippen LogP contribution in [0.2, 0.25) is 0 Å². The van der Waals surface area contributed by atoms with Gasteiger partial charge in [0.15, 0.2) is 5.82 Å². The second-order valence-corrected chi connectivity index (χ2v) is 3.67. The number of hydrogen-bond acceptors (Lipinski definition) is 4. The molecule has 0 bridgehead atoms. The molecule has 0 saturated carbocycles. The zero-order valence-corrected chi connectivity index (χ0v) is 9.35. The van der Waals surface area contributed by atoms with Gasteiger partial charge in [-0.3, -0.25) is 0 Å². The average Bonchev–Trinajstić information content (AvgIpc) is 2.46. The molecule has 0 aliphatic carbocycles. The van der Waals surface area contributed by atoms with Crippen molar-refractivity contribution in [2.24, 2.45) is 0 Å². The van der Waals surface area contributed by atoms with Crippen molar-refractivity contribution in [1.82, 2.24) is 24.7 Å². The summed E-state index contributed by atoms with van der Waals surface area (Å²) in [6.45, 7) is 3.73. The third-order valence-corrected chi connectivity index (χ3v) is 2.28. The van der Waals surface area contributed by atoms with E-state index in [2.05, 4.69) is 36.0 Å². The Labute approximate surface area is 89.4 Å². The van der Waals surface area contributed by atoms with Crippen molar-refractivity contribution in [1.29, 1.82) is 0 Å². The minimum absolute atomic E-state index is 0.707. The number of halogens is 1. The number of rotatable bonds is 1. The molecule has 0 atom stereocenters. The molecule has 0 radical (unpaired) electrons. The van der Waals surface area contributed by atoms with Gasteiger partial charge >= 0.3 is 0 Å². The Balaban J connectivity index is 2.60. The van der Waals surface area contributed by atoms with E-state index in [1.165, 1.54) is 6.33 Å². The molecule has 0 saturated heterocycles. The van der Waals surface area contributed by atoms with Crippen LogP contribution < -0.4 is 0 Å². The highest BCUT2D eigenvalue weighted by Gasteiger charge is 2.09. The van der Waals surface area contributed by atoms with Crippen LogP contribution in [0, 0.1) is 13.8 Å². The summed E-state index contributed by atoms with van der Waals surface area (Å²) < 4.78 is 2.48. The molecule has 72 valence electrons. The van der Waals surface area contributed by atoms with E-state index in [-0.39, 0.29) is 0 Å². The maximum Gasteiger partial charge on any atom is 0.173 e. The largest absolute Gasteiger partial charge is 0.243 e. The topological polar surface area (TPSA) is 56.5 Å². The predicted octanol–water partition coefficient (Wildman–Crippen LogP) is 1.44. The Morgan fingerprint density at radius 1 is 1.36 bits per heavy atom.